The van der Waals surface area contributed by atoms with Crippen molar-refractivity contribution in [2.75, 3.05) is 13.1 Å². The topological polar surface area (TPSA) is 45.4 Å². The SMILES string of the molecule is OC1(c2cc3ccccc3o2)CCCNCC1. The van der Waals surface area contributed by atoms with Crippen LogP contribution in [0.5, 0.6) is 0 Å². The third-order valence-electron chi connectivity index (χ3n) is 3.54. The molecule has 1 aromatic carbocycles. The monoisotopic (exact) mass is 231 g/mol. The molecule has 1 aliphatic rings. The van der Waals surface area contributed by atoms with Crippen LogP contribution in [0.2, 0.25) is 0 Å². The first-order valence-corrected chi connectivity index (χ1v) is 6.20. The van der Waals surface area contributed by atoms with E-state index in [2.05, 4.69) is 5.32 Å². The Morgan fingerprint density at radius 3 is 2.94 bits per heavy atom. The van der Waals surface area contributed by atoms with Crippen LogP contribution in [-0.2, 0) is 5.60 Å². The van der Waals surface area contributed by atoms with Gasteiger partial charge in [0.1, 0.15) is 16.9 Å². The van der Waals surface area contributed by atoms with Crippen molar-refractivity contribution in [3.63, 3.8) is 0 Å². The van der Waals surface area contributed by atoms with Gasteiger partial charge in [-0.1, -0.05) is 18.2 Å². The van der Waals surface area contributed by atoms with Crippen molar-refractivity contribution in [1.82, 2.24) is 5.32 Å². The van der Waals surface area contributed by atoms with Crippen molar-refractivity contribution in [2.24, 2.45) is 0 Å². The Labute approximate surface area is 100 Å². The molecule has 2 aromatic rings. The fraction of sp³-hybridized carbons (Fsp3) is 0.429. The van der Waals surface area contributed by atoms with Gasteiger partial charge in [-0.25, -0.2) is 0 Å². The summed E-state index contributed by atoms with van der Waals surface area (Å²) >= 11 is 0. The lowest BCUT2D eigenvalue weighted by Gasteiger charge is -2.23. The van der Waals surface area contributed by atoms with Gasteiger partial charge in [0.15, 0.2) is 0 Å². The Morgan fingerprint density at radius 1 is 1.18 bits per heavy atom. The van der Waals surface area contributed by atoms with Crippen molar-refractivity contribution in [1.29, 1.82) is 0 Å². The van der Waals surface area contributed by atoms with E-state index in [-0.39, 0.29) is 0 Å². The zero-order chi connectivity index (χ0) is 11.7. The third kappa shape index (κ3) is 1.96. The van der Waals surface area contributed by atoms with Gasteiger partial charge >= 0.3 is 0 Å². The van der Waals surface area contributed by atoms with E-state index in [0.717, 1.165) is 36.9 Å². The second-order valence-electron chi connectivity index (χ2n) is 4.78. The molecule has 3 rings (SSSR count). The van der Waals surface area contributed by atoms with Crippen molar-refractivity contribution >= 4 is 11.0 Å². The summed E-state index contributed by atoms with van der Waals surface area (Å²) in [5.74, 6) is 0.711. The van der Waals surface area contributed by atoms with Crippen LogP contribution in [-0.4, -0.2) is 18.2 Å². The van der Waals surface area contributed by atoms with E-state index in [4.69, 9.17) is 4.42 Å². The van der Waals surface area contributed by atoms with E-state index in [1.165, 1.54) is 0 Å². The first kappa shape index (κ1) is 10.8. The van der Waals surface area contributed by atoms with Gasteiger partial charge in [-0.3, -0.25) is 0 Å². The number of hydrogen-bond acceptors (Lipinski definition) is 3. The Bertz CT molecular complexity index is 477. The molecule has 0 saturated carbocycles. The van der Waals surface area contributed by atoms with Gasteiger partial charge in [0.05, 0.1) is 0 Å². The Balaban J connectivity index is 2.01. The predicted octanol–water partition coefficient (Wildman–Crippen LogP) is 2.39. The highest BCUT2D eigenvalue weighted by Gasteiger charge is 2.33. The molecule has 3 heteroatoms. The highest BCUT2D eigenvalue weighted by molar-refractivity contribution is 5.77. The lowest BCUT2D eigenvalue weighted by molar-refractivity contribution is 0.00428. The largest absolute Gasteiger partial charge is 0.458 e. The summed E-state index contributed by atoms with van der Waals surface area (Å²) in [6.07, 6.45) is 2.46. The third-order valence-corrected chi connectivity index (χ3v) is 3.54. The number of benzene rings is 1. The molecule has 1 atom stereocenters. The number of furan rings is 1. The smallest absolute Gasteiger partial charge is 0.136 e. The molecule has 1 fully saturated rings. The maximum absolute atomic E-state index is 10.7. The standard InChI is InChI=1S/C14H17NO2/c16-14(6-3-8-15-9-7-14)13-10-11-4-1-2-5-12(11)17-13/h1-2,4-5,10,15-16H,3,6-9H2. The Hall–Kier alpha value is -1.32. The molecule has 0 spiro atoms. The zero-order valence-corrected chi connectivity index (χ0v) is 9.78. The van der Waals surface area contributed by atoms with Crippen LogP contribution in [0, 0.1) is 0 Å². The first-order valence-electron chi connectivity index (χ1n) is 6.20. The molecular weight excluding hydrogens is 214 g/mol. The second kappa shape index (κ2) is 4.17. The van der Waals surface area contributed by atoms with Gasteiger partial charge in [0, 0.05) is 5.39 Å². The highest BCUT2D eigenvalue weighted by Crippen LogP contribution is 2.34. The van der Waals surface area contributed by atoms with Gasteiger partial charge in [0.25, 0.3) is 0 Å². The fourth-order valence-corrected chi connectivity index (χ4v) is 2.51. The second-order valence-corrected chi connectivity index (χ2v) is 4.78. The summed E-state index contributed by atoms with van der Waals surface area (Å²) in [5.41, 5.74) is 0.0517. The highest BCUT2D eigenvalue weighted by atomic mass is 16.4. The van der Waals surface area contributed by atoms with Gasteiger partial charge < -0.3 is 14.8 Å². The van der Waals surface area contributed by atoms with Crippen molar-refractivity contribution in [3.05, 3.63) is 36.1 Å². The summed E-state index contributed by atoms with van der Waals surface area (Å²) in [7, 11) is 0. The minimum Gasteiger partial charge on any atom is -0.458 e. The van der Waals surface area contributed by atoms with Gasteiger partial charge in [-0.2, -0.15) is 0 Å². The molecule has 2 N–H and O–H groups in total. The van der Waals surface area contributed by atoms with Crippen LogP contribution in [0.4, 0.5) is 0 Å². The molecule has 1 aliphatic heterocycles. The van der Waals surface area contributed by atoms with Crippen LogP contribution >= 0.6 is 0 Å². The minimum atomic E-state index is -0.803. The van der Waals surface area contributed by atoms with E-state index < -0.39 is 5.60 Å². The summed E-state index contributed by atoms with van der Waals surface area (Å²) in [6.45, 7) is 1.82. The lowest BCUT2D eigenvalue weighted by Crippen LogP contribution is -2.26. The predicted molar refractivity (Wildman–Crippen MR) is 66.8 cm³/mol. The molecule has 0 bridgehead atoms. The molecule has 17 heavy (non-hydrogen) atoms. The van der Waals surface area contributed by atoms with Crippen LogP contribution in [0.3, 0.4) is 0 Å². The van der Waals surface area contributed by atoms with Crippen LogP contribution in [0.15, 0.2) is 34.7 Å². The van der Waals surface area contributed by atoms with E-state index in [0.29, 0.717) is 12.2 Å². The maximum Gasteiger partial charge on any atom is 0.136 e. The van der Waals surface area contributed by atoms with Crippen molar-refractivity contribution in [2.45, 2.75) is 24.9 Å². The molecular formula is C14H17NO2. The average Bonchev–Trinajstić information content (AvgIpc) is 2.66. The average molecular weight is 231 g/mol. The molecule has 0 aliphatic carbocycles. The summed E-state index contributed by atoms with van der Waals surface area (Å²) in [6, 6.07) is 9.87. The molecule has 0 amide bonds. The van der Waals surface area contributed by atoms with Crippen LogP contribution in [0.25, 0.3) is 11.0 Å². The number of fused-ring (bicyclic) bond motifs is 1. The number of aliphatic hydroxyl groups is 1. The fourth-order valence-electron chi connectivity index (χ4n) is 2.51. The minimum absolute atomic E-state index is 0.711. The van der Waals surface area contributed by atoms with Crippen molar-refractivity contribution in [3.8, 4) is 0 Å². The summed E-state index contributed by atoms with van der Waals surface area (Å²) < 4.78 is 5.79. The maximum atomic E-state index is 10.7. The van der Waals surface area contributed by atoms with Gasteiger partial charge in [0.2, 0.25) is 0 Å². The number of para-hydroxylation sites is 1. The molecule has 1 unspecified atom stereocenters. The number of nitrogens with one attached hydrogen (secondary N) is 1. The van der Waals surface area contributed by atoms with E-state index >= 15 is 0 Å². The Morgan fingerprint density at radius 2 is 2.06 bits per heavy atom. The molecule has 2 heterocycles. The summed E-state index contributed by atoms with van der Waals surface area (Å²) in [5, 5.41) is 15.1. The Kier molecular flexibility index (Phi) is 2.65. The molecule has 1 saturated heterocycles. The molecule has 1 aromatic heterocycles. The quantitative estimate of drug-likeness (QED) is 0.792. The normalized spacial score (nSPS) is 25.9. The zero-order valence-electron chi connectivity index (χ0n) is 9.78. The van der Waals surface area contributed by atoms with Crippen LogP contribution < -0.4 is 5.32 Å². The van der Waals surface area contributed by atoms with Crippen LogP contribution in [0.1, 0.15) is 25.0 Å². The van der Waals surface area contributed by atoms with E-state index in [1.54, 1.807) is 0 Å². The van der Waals surface area contributed by atoms with Crippen molar-refractivity contribution < 1.29 is 9.52 Å². The summed E-state index contributed by atoms with van der Waals surface area (Å²) in [4.78, 5) is 0. The molecule has 3 nitrogen and oxygen atoms in total. The molecule has 0 radical (unpaired) electrons. The van der Waals surface area contributed by atoms with E-state index in [1.807, 2.05) is 30.3 Å². The van der Waals surface area contributed by atoms with Gasteiger partial charge in [-0.05, 0) is 44.5 Å². The number of rotatable bonds is 1. The van der Waals surface area contributed by atoms with E-state index in [9.17, 15) is 5.11 Å². The van der Waals surface area contributed by atoms with Gasteiger partial charge in [-0.15, -0.1) is 0 Å². The first-order chi connectivity index (χ1) is 8.28. The molecule has 90 valence electrons. The number of hydrogen-bond donors (Lipinski definition) is 2. The lowest BCUT2D eigenvalue weighted by atomic mass is 9.92.